The molecule has 0 radical (unpaired) electrons. The highest BCUT2D eigenvalue weighted by Crippen LogP contribution is 2.60. The van der Waals surface area contributed by atoms with E-state index in [0.717, 1.165) is 19.1 Å². The topological polar surface area (TPSA) is 45.7 Å². The number of fused-ring (bicyclic) bond motifs is 2. The summed E-state index contributed by atoms with van der Waals surface area (Å²) in [7, 11) is 1.89. The Morgan fingerprint density at radius 2 is 2.14 bits per heavy atom. The van der Waals surface area contributed by atoms with E-state index in [1.54, 1.807) is 0 Å². The van der Waals surface area contributed by atoms with Gasteiger partial charge in [0.15, 0.2) is 5.96 Å². The summed E-state index contributed by atoms with van der Waals surface area (Å²) in [5.41, 5.74) is 0.400. The minimum atomic E-state index is 0.400. The maximum absolute atomic E-state index is 6.06. The van der Waals surface area contributed by atoms with Crippen LogP contribution in [0.1, 0.15) is 44.9 Å². The lowest BCUT2D eigenvalue weighted by atomic mass is 9.54. The van der Waals surface area contributed by atoms with Gasteiger partial charge < -0.3 is 15.4 Å². The van der Waals surface area contributed by atoms with Gasteiger partial charge in [-0.25, -0.2) is 0 Å². The van der Waals surface area contributed by atoms with Crippen LogP contribution in [0.3, 0.4) is 0 Å². The van der Waals surface area contributed by atoms with Gasteiger partial charge in [-0.05, 0) is 44.1 Å². The first-order valence-electron chi connectivity index (χ1n) is 8.89. The molecule has 3 fully saturated rings. The first kappa shape index (κ1) is 16.4. The first-order chi connectivity index (χ1) is 10.8. The fraction of sp³-hybridized carbons (Fsp3) is 0.941. The van der Waals surface area contributed by atoms with Crippen molar-refractivity contribution in [2.75, 3.05) is 32.2 Å². The second kappa shape index (κ2) is 7.43. The Kier molecular flexibility index (Phi) is 5.55. The fourth-order valence-electron chi connectivity index (χ4n) is 4.82. The number of nitrogens with one attached hydrogen (secondary N) is 2. The van der Waals surface area contributed by atoms with Gasteiger partial charge in [-0.1, -0.05) is 12.8 Å². The molecule has 5 heteroatoms. The molecule has 0 aromatic rings. The van der Waals surface area contributed by atoms with Crippen LogP contribution in [0.25, 0.3) is 0 Å². The number of thioether (sulfide) groups is 1. The SMILES string of the molecule is CN=C(NCCCCSC)NC1C2CCOC2C12CCCC2. The van der Waals surface area contributed by atoms with Gasteiger partial charge in [-0.15, -0.1) is 0 Å². The van der Waals surface area contributed by atoms with E-state index < -0.39 is 0 Å². The number of nitrogens with zero attached hydrogens (tertiary/aromatic N) is 1. The van der Waals surface area contributed by atoms with Crippen molar-refractivity contribution in [3.63, 3.8) is 0 Å². The average Bonchev–Trinajstić information content (AvgIpc) is 3.18. The maximum Gasteiger partial charge on any atom is 0.191 e. The molecule has 1 heterocycles. The normalized spacial score (nSPS) is 32.8. The predicted molar refractivity (Wildman–Crippen MR) is 94.6 cm³/mol. The van der Waals surface area contributed by atoms with E-state index in [4.69, 9.17) is 4.74 Å². The Morgan fingerprint density at radius 1 is 1.32 bits per heavy atom. The van der Waals surface area contributed by atoms with Crippen molar-refractivity contribution in [3.8, 4) is 0 Å². The zero-order valence-corrected chi connectivity index (χ0v) is 14.9. The molecule has 2 aliphatic carbocycles. The molecule has 1 saturated heterocycles. The molecule has 3 atom stereocenters. The number of unbranched alkanes of at least 4 members (excludes halogenated alkanes) is 1. The van der Waals surface area contributed by atoms with Gasteiger partial charge >= 0.3 is 0 Å². The van der Waals surface area contributed by atoms with E-state index in [1.165, 1.54) is 50.7 Å². The third-order valence-corrected chi connectivity index (χ3v) is 6.57. The third kappa shape index (κ3) is 2.99. The highest BCUT2D eigenvalue weighted by atomic mass is 32.2. The maximum atomic E-state index is 6.06. The van der Waals surface area contributed by atoms with Gasteiger partial charge in [-0.2, -0.15) is 11.8 Å². The molecule has 0 aromatic heterocycles. The zero-order chi connectivity index (χ0) is 15.4. The highest BCUT2D eigenvalue weighted by Gasteiger charge is 2.65. The smallest absolute Gasteiger partial charge is 0.191 e. The second-order valence-corrected chi connectivity index (χ2v) is 7.99. The Morgan fingerprint density at radius 3 is 2.86 bits per heavy atom. The fourth-order valence-corrected chi connectivity index (χ4v) is 5.32. The minimum absolute atomic E-state index is 0.400. The monoisotopic (exact) mass is 325 g/mol. The van der Waals surface area contributed by atoms with Gasteiger partial charge in [0.2, 0.25) is 0 Å². The van der Waals surface area contributed by atoms with E-state index in [-0.39, 0.29) is 0 Å². The van der Waals surface area contributed by atoms with Crippen LogP contribution in [-0.4, -0.2) is 50.3 Å². The summed E-state index contributed by atoms with van der Waals surface area (Å²) >= 11 is 1.93. The molecular formula is C17H31N3OS. The number of rotatable bonds is 6. The zero-order valence-electron chi connectivity index (χ0n) is 14.1. The molecule has 0 amide bonds. The Balaban J connectivity index is 1.52. The minimum Gasteiger partial charge on any atom is -0.377 e. The van der Waals surface area contributed by atoms with Crippen LogP contribution in [0.2, 0.25) is 0 Å². The van der Waals surface area contributed by atoms with Crippen molar-refractivity contribution in [2.24, 2.45) is 16.3 Å². The van der Waals surface area contributed by atoms with Crippen LogP contribution >= 0.6 is 11.8 Å². The molecule has 3 unspecified atom stereocenters. The van der Waals surface area contributed by atoms with Gasteiger partial charge in [0.25, 0.3) is 0 Å². The van der Waals surface area contributed by atoms with Crippen molar-refractivity contribution in [1.82, 2.24) is 10.6 Å². The number of ether oxygens (including phenoxy) is 1. The standard InChI is InChI=1S/C17H31N3OS/c1-18-16(19-10-5-6-12-22-2)20-14-13-7-11-21-15(13)17(14)8-3-4-9-17/h13-15H,3-12H2,1-2H3,(H2,18,19,20). The quantitative estimate of drug-likeness (QED) is 0.448. The number of hydrogen-bond donors (Lipinski definition) is 2. The summed E-state index contributed by atoms with van der Waals surface area (Å²) in [4.78, 5) is 4.44. The number of aliphatic imine (C=N–C) groups is 1. The van der Waals surface area contributed by atoms with Crippen LogP contribution in [0, 0.1) is 11.3 Å². The average molecular weight is 326 g/mol. The van der Waals surface area contributed by atoms with Gasteiger partial charge in [-0.3, -0.25) is 4.99 Å². The van der Waals surface area contributed by atoms with E-state index in [1.807, 2.05) is 18.8 Å². The first-order valence-corrected chi connectivity index (χ1v) is 10.3. The van der Waals surface area contributed by atoms with Gasteiger partial charge in [0.05, 0.1) is 6.10 Å². The largest absolute Gasteiger partial charge is 0.377 e. The summed E-state index contributed by atoms with van der Waals surface area (Å²) in [6.45, 7) is 1.97. The van der Waals surface area contributed by atoms with E-state index in [2.05, 4.69) is 21.9 Å². The van der Waals surface area contributed by atoms with Crippen LogP contribution < -0.4 is 10.6 Å². The third-order valence-electron chi connectivity index (χ3n) is 5.87. The molecule has 3 rings (SSSR count). The summed E-state index contributed by atoms with van der Waals surface area (Å²) in [6, 6.07) is 0.569. The molecule has 1 spiro atoms. The molecule has 0 aromatic carbocycles. The van der Waals surface area contributed by atoms with Crippen LogP contribution in [0.5, 0.6) is 0 Å². The van der Waals surface area contributed by atoms with E-state index in [9.17, 15) is 0 Å². The summed E-state index contributed by atoms with van der Waals surface area (Å²) in [5, 5.41) is 7.25. The number of hydrogen-bond acceptors (Lipinski definition) is 3. The highest BCUT2D eigenvalue weighted by molar-refractivity contribution is 7.98. The molecular weight excluding hydrogens is 294 g/mol. The molecule has 126 valence electrons. The van der Waals surface area contributed by atoms with E-state index >= 15 is 0 Å². The van der Waals surface area contributed by atoms with Gasteiger partial charge in [0.1, 0.15) is 0 Å². The van der Waals surface area contributed by atoms with Crippen LogP contribution in [-0.2, 0) is 4.74 Å². The molecule has 2 saturated carbocycles. The molecule has 22 heavy (non-hydrogen) atoms. The molecule has 4 nitrogen and oxygen atoms in total. The van der Waals surface area contributed by atoms with E-state index in [0.29, 0.717) is 23.5 Å². The lowest BCUT2D eigenvalue weighted by molar-refractivity contribution is -0.125. The number of guanidine groups is 1. The van der Waals surface area contributed by atoms with Crippen molar-refractivity contribution in [3.05, 3.63) is 0 Å². The molecule has 2 N–H and O–H groups in total. The Labute approximate surface area is 139 Å². The van der Waals surface area contributed by atoms with Crippen molar-refractivity contribution in [2.45, 2.75) is 57.1 Å². The lowest BCUT2D eigenvalue weighted by Crippen LogP contribution is -2.69. The summed E-state index contributed by atoms with van der Waals surface area (Å²) in [6.07, 6.45) is 11.8. The van der Waals surface area contributed by atoms with Crippen LogP contribution in [0.4, 0.5) is 0 Å². The Bertz CT molecular complexity index is 395. The van der Waals surface area contributed by atoms with Crippen molar-refractivity contribution in [1.29, 1.82) is 0 Å². The lowest BCUT2D eigenvalue weighted by Gasteiger charge is -2.57. The summed E-state index contributed by atoms with van der Waals surface area (Å²) in [5.74, 6) is 2.94. The van der Waals surface area contributed by atoms with Crippen molar-refractivity contribution < 1.29 is 4.74 Å². The second-order valence-electron chi connectivity index (χ2n) is 7.01. The molecule has 1 aliphatic heterocycles. The van der Waals surface area contributed by atoms with Gasteiger partial charge in [0, 0.05) is 37.6 Å². The predicted octanol–water partition coefficient (Wildman–Crippen LogP) is 2.64. The van der Waals surface area contributed by atoms with Crippen molar-refractivity contribution >= 4 is 17.7 Å². The summed E-state index contributed by atoms with van der Waals surface area (Å²) < 4.78 is 6.06. The van der Waals surface area contributed by atoms with Crippen LogP contribution in [0.15, 0.2) is 4.99 Å². The Hall–Kier alpha value is -0.420. The molecule has 3 aliphatic rings. The molecule has 0 bridgehead atoms.